The van der Waals surface area contributed by atoms with Gasteiger partial charge in [-0.2, -0.15) is 57.1 Å². The zero-order valence-corrected chi connectivity index (χ0v) is 13.0. The van der Waals surface area contributed by atoms with E-state index in [1.54, 1.807) is 0 Å². The Morgan fingerprint density at radius 2 is 1.04 bits per heavy atom. The van der Waals surface area contributed by atoms with Crippen LogP contribution in [-0.4, -0.2) is 54.3 Å². The van der Waals surface area contributed by atoms with E-state index in [9.17, 15) is 74.4 Å². The minimum atomic E-state index is -8.18. The molecule has 1 unspecified atom stereocenters. The van der Waals surface area contributed by atoms with Crippen LogP contribution >= 0.6 is 0 Å². The zero-order valence-electron chi connectivity index (χ0n) is 12.2. The predicted octanol–water partition coefficient (Wildman–Crippen LogP) is 0.960. The summed E-state index contributed by atoms with van der Waals surface area (Å²) in [4.78, 5) is 0. The molecule has 19 heteroatoms. The summed E-state index contributed by atoms with van der Waals surface area (Å²) in [5, 5.41) is -7.61. The van der Waals surface area contributed by atoms with Crippen molar-refractivity contribution in [2.45, 2.75) is 47.7 Å². The minimum absolute atomic E-state index is 0. The molecule has 0 aromatic carbocycles. The van der Waals surface area contributed by atoms with Crippen LogP contribution in [0.15, 0.2) is 0 Å². The van der Waals surface area contributed by atoms with E-state index in [1.165, 1.54) is 0 Å². The first-order valence-electron chi connectivity index (χ1n) is 5.43. The Morgan fingerprint density at radius 1 is 0.704 bits per heavy atom. The number of hydrogen-bond donors (Lipinski definition) is 0. The molecule has 158 valence electrons. The molecule has 0 saturated carbocycles. The van der Waals surface area contributed by atoms with Crippen LogP contribution in [0.5, 0.6) is 0 Å². The Morgan fingerprint density at radius 3 is 1.30 bits per heavy atom. The van der Waals surface area contributed by atoms with Gasteiger partial charge >= 0.3 is 54.0 Å². The Bertz CT molecular complexity index is 627. The summed E-state index contributed by atoms with van der Waals surface area (Å²) in [5.74, 6) is -31.6. The Labute approximate surface area is 152 Å². The number of halogens is 14. The summed E-state index contributed by atoms with van der Waals surface area (Å²) in [6, 6.07) is 0. The first-order chi connectivity index (χ1) is 10.9. The molecule has 0 aliphatic heterocycles. The van der Waals surface area contributed by atoms with Crippen LogP contribution in [0.4, 0.5) is 61.5 Å². The molecular formula is C8H3F14LiO3S. The van der Waals surface area contributed by atoms with Gasteiger partial charge in [-0.15, -0.1) is 0 Å². The van der Waals surface area contributed by atoms with Crippen LogP contribution < -0.4 is 18.9 Å². The van der Waals surface area contributed by atoms with Gasteiger partial charge in [0.15, 0.2) is 16.3 Å². The van der Waals surface area contributed by atoms with Crippen LogP contribution in [-0.2, 0) is 10.1 Å². The topological polar surface area (TPSA) is 57.2 Å². The number of alkyl halides is 14. The minimum Gasteiger partial charge on any atom is -0.743 e. The normalized spacial score (nSPS) is 16.7. The molecule has 1 atom stereocenters. The van der Waals surface area contributed by atoms with E-state index in [4.69, 9.17) is 0 Å². The molecule has 0 aliphatic rings. The second-order valence-electron chi connectivity index (χ2n) is 4.60. The molecule has 0 aromatic rings. The Kier molecular flexibility index (Phi) is 7.89. The molecule has 0 N–H and O–H groups in total. The maximum Gasteiger partial charge on any atom is 1.00 e. The first kappa shape index (κ1) is 28.7. The fourth-order valence-electron chi connectivity index (χ4n) is 1.27. The molecule has 0 saturated heterocycles. The summed E-state index contributed by atoms with van der Waals surface area (Å²) in [7, 11) is -7.86. The van der Waals surface area contributed by atoms with E-state index >= 15 is 0 Å². The molecule has 3 nitrogen and oxygen atoms in total. The van der Waals surface area contributed by atoms with Crippen molar-refractivity contribution in [2.24, 2.45) is 0 Å². The van der Waals surface area contributed by atoms with Crippen LogP contribution in [0.3, 0.4) is 0 Å². The Balaban J connectivity index is 0. The van der Waals surface area contributed by atoms with Crippen LogP contribution in [0, 0.1) is 0 Å². The van der Waals surface area contributed by atoms with E-state index in [0.717, 1.165) is 0 Å². The van der Waals surface area contributed by atoms with Gasteiger partial charge in [0.05, 0.1) is 6.42 Å². The quantitative estimate of drug-likeness (QED) is 0.329. The smallest absolute Gasteiger partial charge is 0.743 e. The average molecular weight is 452 g/mol. The van der Waals surface area contributed by atoms with Crippen LogP contribution in [0.2, 0.25) is 0 Å². The van der Waals surface area contributed by atoms with E-state index in [0.29, 0.717) is 0 Å². The first-order valence-corrected chi connectivity index (χ1v) is 6.84. The van der Waals surface area contributed by atoms with Crippen molar-refractivity contribution >= 4 is 10.1 Å². The third-order valence-electron chi connectivity index (χ3n) is 2.69. The SMILES string of the molecule is O=S(=O)([O-])C(F)(F)C(F)(F)C(F)(F)C(F)(F)C(F)(F)C(F)CC(F)(F)F.[Li+]. The van der Waals surface area contributed by atoms with Crippen LogP contribution in [0.25, 0.3) is 0 Å². The van der Waals surface area contributed by atoms with Gasteiger partial charge in [-0.25, -0.2) is 12.8 Å². The van der Waals surface area contributed by atoms with Gasteiger partial charge in [0, 0.05) is 0 Å². The molecule has 0 radical (unpaired) electrons. The summed E-state index contributed by atoms with van der Waals surface area (Å²) in [6.45, 7) is 0. The summed E-state index contributed by atoms with van der Waals surface area (Å²) < 4.78 is 206. The van der Waals surface area contributed by atoms with E-state index in [2.05, 4.69) is 0 Å². The van der Waals surface area contributed by atoms with Gasteiger partial charge in [0.2, 0.25) is 0 Å². The second kappa shape index (κ2) is 7.41. The van der Waals surface area contributed by atoms with Crippen molar-refractivity contribution in [3.63, 3.8) is 0 Å². The molecule has 0 amide bonds. The average Bonchev–Trinajstić information content (AvgIpc) is 2.34. The van der Waals surface area contributed by atoms with Gasteiger partial charge in [-0.1, -0.05) is 0 Å². The predicted molar refractivity (Wildman–Crippen MR) is 50.0 cm³/mol. The molecule has 0 heterocycles. The van der Waals surface area contributed by atoms with Crippen molar-refractivity contribution < 1.29 is 93.3 Å². The van der Waals surface area contributed by atoms with Gasteiger partial charge in [0.25, 0.3) is 0 Å². The van der Waals surface area contributed by atoms with Crippen molar-refractivity contribution in [3.8, 4) is 0 Å². The van der Waals surface area contributed by atoms with Crippen molar-refractivity contribution in [3.05, 3.63) is 0 Å². The van der Waals surface area contributed by atoms with Crippen molar-refractivity contribution in [1.82, 2.24) is 0 Å². The largest absolute Gasteiger partial charge is 1.00 e. The van der Waals surface area contributed by atoms with E-state index in [-0.39, 0.29) is 18.9 Å². The molecule has 0 spiro atoms. The molecular weight excluding hydrogens is 449 g/mol. The molecule has 0 bridgehead atoms. The Hall–Kier alpha value is -0.473. The van der Waals surface area contributed by atoms with Gasteiger partial charge in [-0.05, 0) is 0 Å². The number of rotatable bonds is 7. The second-order valence-corrected chi connectivity index (χ2v) is 6.02. The van der Waals surface area contributed by atoms with E-state index < -0.39 is 57.8 Å². The van der Waals surface area contributed by atoms with Gasteiger partial charge < -0.3 is 4.55 Å². The molecule has 0 aromatic heterocycles. The van der Waals surface area contributed by atoms with Crippen molar-refractivity contribution in [2.75, 3.05) is 0 Å². The molecule has 0 fully saturated rings. The maximum absolute atomic E-state index is 13.0. The molecule has 0 aliphatic carbocycles. The van der Waals surface area contributed by atoms with Crippen molar-refractivity contribution in [1.29, 1.82) is 0 Å². The van der Waals surface area contributed by atoms with Gasteiger partial charge in [0.1, 0.15) is 0 Å². The maximum atomic E-state index is 13.0. The third-order valence-corrected chi connectivity index (χ3v) is 3.58. The summed E-state index contributed by atoms with van der Waals surface area (Å²) in [5.41, 5.74) is 0. The van der Waals surface area contributed by atoms with Gasteiger partial charge in [-0.3, -0.25) is 0 Å². The summed E-state index contributed by atoms with van der Waals surface area (Å²) in [6.07, 6.45) is -14.9. The van der Waals surface area contributed by atoms with E-state index in [1.807, 2.05) is 0 Å². The fourth-order valence-corrected chi connectivity index (χ4v) is 1.72. The monoisotopic (exact) mass is 452 g/mol. The third kappa shape index (κ3) is 4.58. The standard InChI is InChI=1S/C8H4F14O3S.Li/c9-2(1-3(10,11)12)4(13,14)5(15,16)6(17,18)7(19,20)8(21,22)26(23,24)25;/h2H,1H2,(H,23,24,25);/q;+1/p-1. The number of hydrogen-bond acceptors (Lipinski definition) is 3. The summed E-state index contributed by atoms with van der Waals surface area (Å²) >= 11 is 0. The molecule has 0 rings (SSSR count). The molecule has 27 heavy (non-hydrogen) atoms. The zero-order chi connectivity index (χ0) is 21.8. The van der Waals surface area contributed by atoms with Crippen LogP contribution in [0.1, 0.15) is 6.42 Å². The fraction of sp³-hybridized carbons (Fsp3) is 1.00.